The molecule has 0 bridgehead atoms. The summed E-state index contributed by atoms with van der Waals surface area (Å²) in [6.45, 7) is 1.65. The molecule has 1 aliphatic heterocycles. The first kappa shape index (κ1) is 12.7. The Morgan fingerprint density at radius 2 is 2.29 bits per heavy atom. The summed E-state index contributed by atoms with van der Waals surface area (Å²) in [4.78, 5) is 11.9. The molecule has 0 radical (unpaired) electrons. The normalized spacial score (nSPS) is 19.3. The van der Waals surface area contributed by atoms with Gasteiger partial charge in [0.1, 0.15) is 0 Å². The summed E-state index contributed by atoms with van der Waals surface area (Å²) in [7, 11) is 0. The monoisotopic (exact) mass is 272 g/mol. The van der Waals surface area contributed by atoms with Crippen LogP contribution >= 0.6 is 23.2 Å². The van der Waals surface area contributed by atoms with E-state index in [4.69, 9.17) is 23.2 Å². The highest BCUT2D eigenvalue weighted by Gasteiger charge is 2.17. The Labute approximate surface area is 110 Å². The number of nitrogens with one attached hydrogen (secondary N) is 2. The Hall–Kier alpha value is -0.770. The fraction of sp³-hybridized carbons (Fsp3) is 0.417. The van der Waals surface area contributed by atoms with Crippen LogP contribution in [0, 0.1) is 0 Å². The number of hydrogen-bond donors (Lipinski definition) is 2. The molecule has 1 aromatic rings. The Morgan fingerprint density at radius 3 is 3.00 bits per heavy atom. The minimum atomic E-state index is -0.175. The van der Waals surface area contributed by atoms with Gasteiger partial charge in [0.15, 0.2) is 0 Å². The zero-order chi connectivity index (χ0) is 12.3. The molecule has 1 aliphatic rings. The number of benzene rings is 1. The van der Waals surface area contributed by atoms with E-state index < -0.39 is 0 Å². The standard InChI is InChI=1S/C12H14Cl2N2O/c13-10-5-1-4-9(11(10)14)12(17)16-7-8-3-2-6-15-8/h1,4-5,8,15H,2-3,6-7H2,(H,16,17). The second-order valence-corrected chi connectivity index (χ2v) is 4.89. The van der Waals surface area contributed by atoms with Crippen LogP contribution in [0.15, 0.2) is 18.2 Å². The van der Waals surface area contributed by atoms with E-state index in [0.717, 1.165) is 13.0 Å². The Balaban J connectivity index is 1.97. The topological polar surface area (TPSA) is 41.1 Å². The van der Waals surface area contributed by atoms with Crippen molar-refractivity contribution in [2.45, 2.75) is 18.9 Å². The molecular weight excluding hydrogens is 259 g/mol. The highest BCUT2D eigenvalue weighted by Crippen LogP contribution is 2.25. The molecule has 17 heavy (non-hydrogen) atoms. The Morgan fingerprint density at radius 1 is 1.47 bits per heavy atom. The molecule has 92 valence electrons. The Kier molecular flexibility index (Phi) is 4.26. The molecule has 1 saturated heterocycles. The van der Waals surface area contributed by atoms with E-state index in [1.165, 1.54) is 6.42 Å². The van der Waals surface area contributed by atoms with Crippen LogP contribution in [0.5, 0.6) is 0 Å². The lowest BCUT2D eigenvalue weighted by Gasteiger charge is -2.12. The molecule has 1 aromatic carbocycles. The maximum Gasteiger partial charge on any atom is 0.252 e. The van der Waals surface area contributed by atoms with Gasteiger partial charge in [-0.1, -0.05) is 29.3 Å². The quantitative estimate of drug-likeness (QED) is 0.888. The highest BCUT2D eigenvalue weighted by atomic mass is 35.5. The number of halogens is 2. The summed E-state index contributed by atoms with van der Waals surface area (Å²) in [6, 6.07) is 5.43. The molecule has 2 rings (SSSR count). The van der Waals surface area contributed by atoms with Crippen molar-refractivity contribution in [2.24, 2.45) is 0 Å². The largest absolute Gasteiger partial charge is 0.350 e. The number of hydrogen-bond acceptors (Lipinski definition) is 2. The van der Waals surface area contributed by atoms with Gasteiger partial charge in [-0.3, -0.25) is 4.79 Å². The van der Waals surface area contributed by atoms with Gasteiger partial charge in [-0.2, -0.15) is 0 Å². The molecule has 1 heterocycles. The minimum Gasteiger partial charge on any atom is -0.350 e. The van der Waals surface area contributed by atoms with Crippen LogP contribution in [0.25, 0.3) is 0 Å². The van der Waals surface area contributed by atoms with Crippen molar-refractivity contribution in [3.05, 3.63) is 33.8 Å². The van der Waals surface area contributed by atoms with Crippen molar-refractivity contribution < 1.29 is 4.79 Å². The van der Waals surface area contributed by atoms with Crippen molar-refractivity contribution in [2.75, 3.05) is 13.1 Å². The summed E-state index contributed by atoms with van der Waals surface area (Å²) in [6.07, 6.45) is 2.27. The molecule has 5 heteroatoms. The summed E-state index contributed by atoms with van der Waals surface area (Å²) >= 11 is 11.8. The van der Waals surface area contributed by atoms with E-state index in [-0.39, 0.29) is 5.91 Å². The maximum atomic E-state index is 11.9. The third-order valence-corrected chi connectivity index (χ3v) is 3.69. The summed E-state index contributed by atoms with van der Waals surface area (Å²) in [5.41, 5.74) is 0.428. The van der Waals surface area contributed by atoms with E-state index in [1.54, 1.807) is 18.2 Å². The van der Waals surface area contributed by atoms with Crippen molar-refractivity contribution in [1.29, 1.82) is 0 Å². The van der Waals surface area contributed by atoms with Crippen molar-refractivity contribution in [1.82, 2.24) is 10.6 Å². The Bertz CT molecular complexity index is 417. The van der Waals surface area contributed by atoms with Crippen LogP contribution in [0.2, 0.25) is 10.0 Å². The SMILES string of the molecule is O=C(NCC1CCCN1)c1cccc(Cl)c1Cl. The molecule has 1 amide bonds. The predicted molar refractivity (Wildman–Crippen MR) is 69.8 cm³/mol. The zero-order valence-electron chi connectivity index (χ0n) is 9.30. The molecule has 0 saturated carbocycles. The molecule has 0 aliphatic carbocycles. The van der Waals surface area contributed by atoms with Crippen molar-refractivity contribution in [3.8, 4) is 0 Å². The van der Waals surface area contributed by atoms with Crippen LogP contribution in [0.3, 0.4) is 0 Å². The van der Waals surface area contributed by atoms with Crippen LogP contribution in [-0.2, 0) is 0 Å². The van der Waals surface area contributed by atoms with E-state index in [1.807, 2.05) is 0 Å². The van der Waals surface area contributed by atoms with Crippen molar-refractivity contribution in [3.63, 3.8) is 0 Å². The lowest BCUT2D eigenvalue weighted by atomic mass is 10.2. The van der Waals surface area contributed by atoms with Gasteiger partial charge in [-0.05, 0) is 31.5 Å². The molecular formula is C12H14Cl2N2O. The number of carbonyl (C=O) groups excluding carboxylic acids is 1. The first-order valence-electron chi connectivity index (χ1n) is 5.64. The summed E-state index contributed by atoms with van der Waals surface area (Å²) in [5, 5.41) is 6.89. The van der Waals surface area contributed by atoms with Gasteiger partial charge in [0.2, 0.25) is 0 Å². The highest BCUT2D eigenvalue weighted by molar-refractivity contribution is 6.43. The molecule has 1 atom stereocenters. The number of rotatable bonds is 3. The molecule has 0 aromatic heterocycles. The molecule has 1 fully saturated rings. The molecule has 3 nitrogen and oxygen atoms in total. The third-order valence-electron chi connectivity index (χ3n) is 2.87. The van der Waals surface area contributed by atoms with Crippen LogP contribution in [0.1, 0.15) is 23.2 Å². The number of carbonyl (C=O) groups is 1. The van der Waals surface area contributed by atoms with Crippen LogP contribution < -0.4 is 10.6 Å². The summed E-state index contributed by atoms with van der Waals surface area (Å²) < 4.78 is 0. The first-order chi connectivity index (χ1) is 8.18. The van der Waals surface area contributed by atoms with E-state index in [2.05, 4.69) is 10.6 Å². The van der Waals surface area contributed by atoms with Gasteiger partial charge in [0.05, 0.1) is 15.6 Å². The van der Waals surface area contributed by atoms with Crippen molar-refractivity contribution >= 4 is 29.1 Å². The summed E-state index contributed by atoms with van der Waals surface area (Å²) in [5.74, 6) is -0.175. The molecule has 1 unspecified atom stereocenters. The van der Waals surface area contributed by atoms with Crippen LogP contribution in [-0.4, -0.2) is 25.0 Å². The van der Waals surface area contributed by atoms with Gasteiger partial charge >= 0.3 is 0 Å². The third kappa shape index (κ3) is 3.12. The molecule has 0 spiro atoms. The second kappa shape index (κ2) is 5.71. The fourth-order valence-corrected chi connectivity index (χ4v) is 2.31. The predicted octanol–water partition coefficient (Wildman–Crippen LogP) is 2.48. The van der Waals surface area contributed by atoms with Gasteiger partial charge in [0.25, 0.3) is 5.91 Å². The lowest BCUT2D eigenvalue weighted by molar-refractivity contribution is 0.0950. The first-order valence-corrected chi connectivity index (χ1v) is 6.39. The van der Waals surface area contributed by atoms with Gasteiger partial charge in [0, 0.05) is 12.6 Å². The average Bonchev–Trinajstić information content (AvgIpc) is 2.82. The van der Waals surface area contributed by atoms with E-state index in [9.17, 15) is 4.79 Å². The number of amides is 1. The minimum absolute atomic E-state index is 0.175. The maximum absolute atomic E-state index is 11.9. The zero-order valence-corrected chi connectivity index (χ0v) is 10.8. The van der Waals surface area contributed by atoms with E-state index in [0.29, 0.717) is 28.2 Å². The van der Waals surface area contributed by atoms with Gasteiger partial charge in [-0.25, -0.2) is 0 Å². The fourth-order valence-electron chi connectivity index (χ4n) is 1.92. The van der Waals surface area contributed by atoms with E-state index >= 15 is 0 Å². The van der Waals surface area contributed by atoms with Gasteiger partial charge < -0.3 is 10.6 Å². The molecule has 2 N–H and O–H groups in total. The lowest BCUT2D eigenvalue weighted by Crippen LogP contribution is -2.37. The van der Waals surface area contributed by atoms with Gasteiger partial charge in [-0.15, -0.1) is 0 Å². The average molecular weight is 273 g/mol. The smallest absolute Gasteiger partial charge is 0.252 e. The second-order valence-electron chi connectivity index (χ2n) is 4.10. The van der Waals surface area contributed by atoms with Crippen LogP contribution in [0.4, 0.5) is 0 Å².